The van der Waals surface area contributed by atoms with E-state index in [9.17, 15) is 9.90 Å². The van der Waals surface area contributed by atoms with E-state index in [0.717, 1.165) is 13.4 Å². The number of nitrogens with one attached hydrogen (secondary N) is 1. The number of carbonyl (C=O) groups excluding carboxylic acids is 1. The lowest BCUT2D eigenvalue weighted by Gasteiger charge is -2.02. The molecule has 0 aliphatic rings. The molecule has 0 saturated carbocycles. The smallest absolute Gasteiger partial charge is 0.271 e. The molecule has 0 atom stereocenters. The minimum atomic E-state index is -0.337. The molecule has 7 heteroatoms. The highest BCUT2D eigenvalue weighted by molar-refractivity contribution is 9.13. The monoisotopic (exact) mass is 474 g/mol. The Bertz CT molecular complexity index is 717. The van der Waals surface area contributed by atoms with Gasteiger partial charge in [-0.2, -0.15) is 5.10 Å². The predicted octanol–water partition coefficient (Wildman–Crippen LogP) is 4.44. The van der Waals surface area contributed by atoms with Crippen LogP contribution in [0.5, 0.6) is 5.75 Å². The summed E-state index contributed by atoms with van der Waals surface area (Å²) in [6.07, 6.45) is 1.38. The van der Waals surface area contributed by atoms with Gasteiger partial charge in [0.15, 0.2) is 0 Å². The van der Waals surface area contributed by atoms with Crippen LogP contribution in [0, 0.1) is 0 Å². The Labute approximate surface area is 146 Å². The van der Waals surface area contributed by atoms with Gasteiger partial charge < -0.3 is 5.11 Å². The van der Waals surface area contributed by atoms with Gasteiger partial charge in [0.2, 0.25) is 0 Å². The van der Waals surface area contributed by atoms with Crippen LogP contribution in [0.2, 0.25) is 0 Å². The van der Waals surface area contributed by atoms with Gasteiger partial charge >= 0.3 is 0 Å². The maximum absolute atomic E-state index is 11.9. The molecule has 1 amide bonds. The highest BCUT2D eigenvalue weighted by Crippen LogP contribution is 2.24. The molecular formula is C14H9Br3N2O2. The van der Waals surface area contributed by atoms with E-state index in [4.69, 9.17) is 0 Å². The Morgan fingerprint density at radius 2 is 1.86 bits per heavy atom. The lowest BCUT2D eigenvalue weighted by Crippen LogP contribution is -2.17. The molecule has 0 heterocycles. The lowest BCUT2D eigenvalue weighted by molar-refractivity contribution is 0.0955. The second-order valence-electron chi connectivity index (χ2n) is 4.03. The average Bonchev–Trinajstić information content (AvgIpc) is 2.44. The van der Waals surface area contributed by atoms with E-state index in [0.29, 0.717) is 11.1 Å². The Kier molecular flexibility index (Phi) is 5.55. The third kappa shape index (κ3) is 4.39. The van der Waals surface area contributed by atoms with Crippen molar-refractivity contribution in [2.45, 2.75) is 0 Å². The van der Waals surface area contributed by atoms with Crippen LogP contribution in [0.4, 0.5) is 0 Å². The van der Waals surface area contributed by atoms with Crippen LogP contribution in [-0.2, 0) is 0 Å². The molecule has 2 N–H and O–H groups in total. The fourth-order valence-corrected chi connectivity index (χ4v) is 2.46. The highest BCUT2D eigenvalue weighted by Gasteiger charge is 2.06. The zero-order chi connectivity index (χ0) is 15.4. The van der Waals surface area contributed by atoms with Crippen LogP contribution in [0.3, 0.4) is 0 Å². The number of hydrogen-bond donors (Lipinski definition) is 2. The molecule has 2 rings (SSSR count). The van der Waals surface area contributed by atoms with Crippen molar-refractivity contribution >= 4 is 59.9 Å². The van der Waals surface area contributed by atoms with Crippen molar-refractivity contribution in [1.29, 1.82) is 0 Å². The number of aromatic hydroxyl groups is 1. The molecular weight excluding hydrogens is 468 g/mol. The Balaban J connectivity index is 2.06. The van der Waals surface area contributed by atoms with Crippen LogP contribution in [0.15, 0.2) is 54.9 Å². The van der Waals surface area contributed by atoms with E-state index in [1.807, 2.05) is 0 Å². The molecule has 0 bridgehead atoms. The summed E-state index contributed by atoms with van der Waals surface area (Å²) >= 11 is 9.92. The molecule has 0 fully saturated rings. The minimum absolute atomic E-state index is 0.0776. The van der Waals surface area contributed by atoms with Gasteiger partial charge in [0, 0.05) is 24.5 Å². The highest BCUT2D eigenvalue weighted by atomic mass is 79.9. The lowest BCUT2D eigenvalue weighted by atomic mass is 10.2. The van der Waals surface area contributed by atoms with Crippen LogP contribution in [0.25, 0.3) is 0 Å². The number of amides is 1. The quantitative estimate of drug-likeness (QED) is 0.508. The van der Waals surface area contributed by atoms with Gasteiger partial charge in [0.05, 0.1) is 6.21 Å². The maximum atomic E-state index is 11.9. The zero-order valence-electron chi connectivity index (χ0n) is 10.5. The number of hydrazone groups is 1. The van der Waals surface area contributed by atoms with Crippen molar-refractivity contribution in [1.82, 2.24) is 5.43 Å². The summed E-state index contributed by atoms with van der Waals surface area (Å²) < 4.78 is 2.41. The number of phenolic OH excluding ortho intramolecular Hbond substituents is 1. The summed E-state index contributed by atoms with van der Waals surface area (Å²) in [7, 11) is 0. The summed E-state index contributed by atoms with van der Waals surface area (Å²) in [5, 5.41) is 13.5. The second kappa shape index (κ2) is 7.20. The number of hydrogen-bond acceptors (Lipinski definition) is 3. The first-order valence-corrected chi connectivity index (χ1v) is 8.12. The van der Waals surface area contributed by atoms with E-state index in [2.05, 4.69) is 58.3 Å². The summed E-state index contributed by atoms with van der Waals surface area (Å²) in [5.41, 5.74) is 3.39. The molecule has 2 aromatic rings. The number of benzene rings is 2. The first-order valence-electron chi connectivity index (χ1n) is 5.74. The summed E-state index contributed by atoms with van der Waals surface area (Å²) in [5.74, 6) is -0.259. The minimum Gasteiger partial charge on any atom is -0.507 e. The Morgan fingerprint density at radius 3 is 2.52 bits per heavy atom. The van der Waals surface area contributed by atoms with Crippen LogP contribution < -0.4 is 5.43 Å². The molecule has 21 heavy (non-hydrogen) atoms. The standard InChI is InChI=1S/C14H9Br3N2O2/c15-10-3-1-9(13(20)6-10)7-18-19-14(21)8-2-4-11(16)12(17)5-8/h1-7,20H,(H,19,21)/b18-7+. The fraction of sp³-hybridized carbons (Fsp3) is 0. The van der Waals surface area contributed by atoms with Crippen molar-refractivity contribution in [3.05, 3.63) is 60.9 Å². The van der Waals surface area contributed by atoms with E-state index in [-0.39, 0.29) is 11.7 Å². The van der Waals surface area contributed by atoms with E-state index >= 15 is 0 Å². The van der Waals surface area contributed by atoms with Gasteiger partial charge in [-0.05, 0) is 68.3 Å². The van der Waals surface area contributed by atoms with Crippen molar-refractivity contribution in [3.8, 4) is 5.75 Å². The molecule has 4 nitrogen and oxygen atoms in total. The number of halogens is 3. The summed E-state index contributed by atoms with van der Waals surface area (Å²) in [4.78, 5) is 11.9. The predicted molar refractivity (Wildman–Crippen MR) is 92.7 cm³/mol. The van der Waals surface area contributed by atoms with Crippen molar-refractivity contribution in [3.63, 3.8) is 0 Å². The number of carbonyl (C=O) groups is 1. The van der Waals surface area contributed by atoms with Gasteiger partial charge in [-0.25, -0.2) is 5.43 Å². The van der Waals surface area contributed by atoms with Crippen LogP contribution in [-0.4, -0.2) is 17.2 Å². The third-order valence-corrected chi connectivity index (χ3v) is 4.92. The number of rotatable bonds is 3. The number of phenols is 1. The molecule has 0 aliphatic carbocycles. The first-order chi connectivity index (χ1) is 9.97. The Morgan fingerprint density at radius 1 is 1.10 bits per heavy atom. The summed E-state index contributed by atoms with van der Waals surface area (Å²) in [6.45, 7) is 0. The normalized spacial score (nSPS) is 10.8. The summed E-state index contributed by atoms with van der Waals surface area (Å²) in [6, 6.07) is 10.1. The topological polar surface area (TPSA) is 61.7 Å². The van der Waals surface area contributed by atoms with Gasteiger partial charge in [0.25, 0.3) is 5.91 Å². The van der Waals surface area contributed by atoms with Crippen molar-refractivity contribution < 1.29 is 9.90 Å². The molecule has 0 spiro atoms. The van der Waals surface area contributed by atoms with Crippen molar-refractivity contribution in [2.24, 2.45) is 5.10 Å². The SMILES string of the molecule is O=C(N/N=C/c1ccc(Br)cc1O)c1ccc(Br)c(Br)c1. The third-order valence-electron chi connectivity index (χ3n) is 2.54. The van der Waals surface area contributed by atoms with Gasteiger partial charge in [0.1, 0.15) is 5.75 Å². The molecule has 0 unspecified atom stereocenters. The first kappa shape index (κ1) is 16.2. The van der Waals surface area contributed by atoms with Crippen LogP contribution >= 0.6 is 47.8 Å². The Hall–Kier alpha value is -1.18. The van der Waals surface area contributed by atoms with Gasteiger partial charge in [-0.15, -0.1) is 0 Å². The largest absolute Gasteiger partial charge is 0.507 e. The second-order valence-corrected chi connectivity index (χ2v) is 6.66. The molecule has 0 saturated heterocycles. The maximum Gasteiger partial charge on any atom is 0.271 e. The van der Waals surface area contributed by atoms with E-state index in [1.165, 1.54) is 6.21 Å². The molecule has 108 valence electrons. The molecule has 2 aromatic carbocycles. The molecule has 0 aromatic heterocycles. The molecule has 0 radical (unpaired) electrons. The number of nitrogens with zero attached hydrogens (tertiary/aromatic N) is 1. The fourth-order valence-electron chi connectivity index (χ4n) is 1.49. The van der Waals surface area contributed by atoms with Gasteiger partial charge in [-0.1, -0.05) is 15.9 Å². The van der Waals surface area contributed by atoms with E-state index < -0.39 is 0 Å². The van der Waals surface area contributed by atoms with E-state index in [1.54, 1.807) is 36.4 Å². The van der Waals surface area contributed by atoms with Gasteiger partial charge in [-0.3, -0.25) is 4.79 Å². The average molecular weight is 477 g/mol. The van der Waals surface area contributed by atoms with Crippen molar-refractivity contribution in [2.75, 3.05) is 0 Å². The molecule has 0 aliphatic heterocycles. The van der Waals surface area contributed by atoms with Crippen LogP contribution in [0.1, 0.15) is 15.9 Å². The zero-order valence-corrected chi connectivity index (χ0v) is 15.2.